The van der Waals surface area contributed by atoms with Crippen molar-refractivity contribution in [1.82, 2.24) is 0 Å². The summed E-state index contributed by atoms with van der Waals surface area (Å²) in [6.07, 6.45) is 3.44. The van der Waals surface area contributed by atoms with Crippen LogP contribution in [0.25, 0.3) is 0 Å². The van der Waals surface area contributed by atoms with E-state index in [1.807, 2.05) is 0 Å². The number of hydrogen-bond donors (Lipinski definition) is 0. The molecule has 0 saturated carbocycles. The zero-order valence-corrected chi connectivity index (χ0v) is 13.8. The quantitative estimate of drug-likeness (QED) is 0.431. The Morgan fingerprint density at radius 1 is 1.11 bits per heavy atom. The summed E-state index contributed by atoms with van der Waals surface area (Å²) in [6, 6.07) is 0. The number of ether oxygens (including phenoxy) is 2. The molecule has 0 aromatic rings. The van der Waals surface area contributed by atoms with E-state index in [1.165, 1.54) is 0 Å². The van der Waals surface area contributed by atoms with Crippen LogP contribution in [0.5, 0.6) is 0 Å². The van der Waals surface area contributed by atoms with Crippen molar-refractivity contribution < 1.29 is 22.8 Å². The molecule has 3 unspecified atom stereocenters. The normalized spacial score (nSPS) is 22.3. The summed E-state index contributed by atoms with van der Waals surface area (Å²) >= 11 is 0. The molecule has 0 spiro atoms. The highest BCUT2D eigenvalue weighted by atomic mass is 28.4. The zero-order valence-electron chi connectivity index (χ0n) is 12.8. The van der Waals surface area contributed by atoms with Crippen molar-refractivity contribution in [1.29, 1.82) is 0 Å². The predicted octanol–water partition coefficient (Wildman–Crippen LogP) is 2.01. The predicted molar refractivity (Wildman–Crippen MR) is 75.0 cm³/mol. The standard InChI is InChI=1S/C13H28O5Si/c1-6-11(8-12-10-17-12)9-18-13(7-2)19(14-3,15-4)16-5/h11-13H,6-10H2,1-5H3. The van der Waals surface area contributed by atoms with E-state index in [-0.39, 0.29) is 5.73 Å². The van der Waals surface area contributed by atoms with Gasteiger partial charge in [-0.25, -0.2) is 0 Å². The minimum atomic E-state index is -2.70. The monoisotopic (exact) mass is 292 g/mol. The van der Waals surface area contributed by atoms with Crippen molar-refractivity contribution in [2.24, 2.45) is 5.92 Å². The Morgan fingerprint density at radius 2 is 1.68 bits per heavy atom. The Kier molecular flexibility index (Phi) is 7.49. The van der Waals surface area contributed by atoms with Crippen LogP contribution in [-0.2, 0) is 22.8 Å². The van der Waals surface area contributed by atoms with Gasteiger partial charge < -0.3 is 22.8 Å². The van der Waals surface area contributed by atoms with Gasteiger partial charge >= 0.3 is 8.80 Å². The molecule has 0 aromatic carbocycles. The van der Waals surface area contributed by atoms with Crippen molar-refractivity contribution in [3.8, 4) is 0 Å². The molecule has 1 fully saturated rings. The Morgan fingerprint density at radius 3 is 2.05 bits per heavy atom. The first-order valence-corrected chi connectivity index (χ1v) is 8.84. The molecule has 3 atom stereocenters. The van der Waals surface area contributed by atoms with Crippen molar-refractivity contribution in [3.05, 3.63) is 0 Å². The molecular weight excluding hydrogens is 264 g/mol. The summed E-state index contributed by atoms with van der Waals surface area (Å²) in [6.45, 7) is 5.86. The lowest BCUT2D eigenvalue weighted by atomic mass is 10.0. The first-order valence-electron chi connectivity index (χ1n) is 7.04. The Bertz CT molecular complexity index is 235. The fourth-order valence-electron chi connectivity index (χ4n) is 2.29. The van der Waals surface area contributed by atoms with E-state index in [4.69, 9.17) is 22.8 Å². The molecule has 114 valence electrons. The first-order chi connectivity index (χ1) is 9.15. The average molecular weight is 292 g/mol. The molecule has 6 heteroatoms. The Balaban J connectivity index is 2.49. The third kappa shape index (κ3) is 4.80. The summed E-state index contributed by atoms with van der Waals surface area (Å²) in [5.74, 6) is 0.527. The summed E-state index contributed by atoms with van der Waals surface area (Å²) in [5.41, 5.74) is -0.110. The molecule has 5 nitrogen and oxygen atoms in total. The minimum absolute atomic E-state index is 0.110. The summed E-state index contributed by atoms with van der Waals surface area (Å²) in [5, 5.41) is 0. The van der Waals surface area contributed by atoms with E-state index in [0.29, 0.717) is 18.6 Å². The lowest BCUT2D eigenvalue weighted by Gasteiger charge is -2.32. The molecule has 1 aliphatic rings. The van der Waals surface area contributed by atoms with Gasteiger partial charge in [0.05, 0.1) is 12.7 Å². The van der Waals surface area contributed by atoms with Gasteiger partial charge in [-0.1, -0.05) is 20.3 Å². The van der Waals surface area contributed by atoms with Gasteiger partial charge in [0.25, 0.3) is 0 Å². The van der Waals surface area contributed by atoms with Gasteiger partial charge in [0.1, 0.15) is 5.73 Å². The largest absolute Gasteiger partial charge is 0.530 e. The van der Waals surface area contributed by atoms with Crippen LogP contribution in [0.1, 0.15) is 33.1 Å². The second-order valence-electron chi connectivity index (χ2n) is 4.91. The maximum absolute atomic E-state index is 6.04. The molecule has 1 saturated heterocycles. The van der Waals surface area contributed by atoms with Crippen LogP contribution in [0, 0.1) is 5.92 Å². The van der Waals surface area contributed by atoms with Gasteiger partial charge in [-0.2, -0.15) is 0 Å². The molecule has 0 aliphatic carbocycles. The Hall–Kier alpha value is 0.0169. The lowest BCUT2D eigenvalue weighted by Crippen LogP contribution is -2.55. The fourth-order valence-corrected chi connectivity index (χ4v) is 4.38. The first kappa shape index (κ1) is 17.1. The van der Waals surface area contributed by atoms with Crippen LogP contribution in [-0.4, -0.2) is 55.2 Å². The van der Waals surface area contributed by atoms with E-state index in [9.17, 15) is 0 Å². The molecule has 1 aliphatic heterocycles. The topological polar surface area (TPSA) is 49.5 Å². The Labute approximate surface area is 117 Å². The summed E-state index contributed by atoms with van der Waals surface area (Å²) < 4.78 is 27.8. The van der Waals surface area contributed by atoms with Crippen LogP contribution >= 0.6 is 0 Å². The molecule has 0 bridgehead atoms. The SMILES string of the molecule is CCC(COC(CC)[Si](OC)(OC)OC)CC1CO1. The van der Waals surface area contributed by atoms with Gasteiger partial charge in [0, 0.05) is 27.9 Å². The molecule has 0 aromatic heterocycles. The highest BCUT2D eigenvalue weighted by Crippen LogP contribution is 2.24. The fraction of sp³-hybridized carbons (Fsp3) is 1.00. The molecular formula is C13H28O5Si. The lowest BCUT2D eigenvalue weighted by molar-refractivity contribution is -0.00379. The van der Waals surface area contributed by atoms with E-state index in [1.54, 1.807) is 21.3 Å². The molecule has 1 heterocycles. The smallest absolute Gasteiger partial charge is 0.375 e. The van der Waals surface area contributed by atoms with Crippen molar-refractivity contribution in [2.45, 2.75) is 44.9 Å². The summed E-state index contributed by atoms with van der Waals surface area (Å²) in [7, 11) is 2.17. The minimum Gasteiger partial charge on any atom is -0.375 e. The molecule has 1 rings (SSSR count). The van der Waals surface area contributed by atoms with E-state index < -0.39 is 8.80 Å². The molecule has 0 N–H and O–H groups in total. The van der Waals surface area contributed by atoms with Crippen LogP contribution in [0.4, 0.5) is 0 Å². The third-order valence-corrected chi connectivity index (χ3v) is 6.80. The van der Waals surface area contributed by atoms with Gasteiger partial charge in [0.2, 0.25) is 0 Å². The summed E-state index contributed by atoms with van der Waals surface area (Å²) in [4.78, 5) is 0. The van der Waals surface area contributed by atoms with E-state index in [0.717, 1.165) is 25.9 Å². The highest BCUT2D eigenvalue weighted by molar-refractivity contribution is 6.62. The number of rotatable bonds is 11. The van der Waals surface area contributed by atoms with Crippen molar-refractivity contribution >= 4 is 8.80 Å². The van der Waals surface area contributed by atoms with Gasteiger partial charge in [-0.05, 0) is 18.8 Å². The average Bonchev–Trinajstić information content (AvgIpc) is 3.26. The third-order valence-electron chi connectivity index (χ3n) is 3.73. The van der Waals surface area contributed by atoms with Crippen LogP contribution < -0.4 is 0 Å². The zero-order chi connectivity index (χ0) is 14.3. The van der Waals surface area contributed by atoms with E-state index >= 15 is 0 Å². The molecule has 0 radical (unpaired) electrons. The maximum Gasteiger partial charge on any atom is 0.530 e. The van der Waals surface area contributed by atoms with Crippen LogP contribution in [0.3, 0.4) is 0 Å². The van der Waals surface area contributed by atoms with Gasteiger partial charge in [-0.15, -0.1) is 0 Å². The molecule has 0 amide bonds. The van der Waals surface area contributed by atoms with Crippen molar-refractivity contribution in [3.63, 3.8) is 0 Å². The second-order valence-corrected chi connectivity index (χ2v) is 7.99. The van der Waals surface area contributed by atoms with Gasteiger partial charge in [-0.3, -0.25) is 0 Å². The molecule has 19 heavy (non-hydrogen) atoms. The van der Waals surface area contributed by atoms with E-state index in [2.05, 4.69) is 13.8 Å². The van der Waals surface area contributed by atoms with Crippen LogP contribution in [0.2, 0.25) is 0 Å². The highest BCUT2D eigenvalue weighted by Gasteiger charge is 2.47. The van der Waals surface area contributed by atoms with Gasteiger partial charge in [0.15, 0.2) is 0 Å². The number of hydrogen-bond acceptors (Lipinski definition) is 5. The van der Waals surface area contributed by atoms with Crippen LogP contribution in [0.15, 0.2) is 0 Å². The maximum atomic E-state index is 6.04. The van der Waals surface area contributed by atoms with Crippen molar-refractivity contribution in [2.75, 3.05) is 34.5 Å². The second kappa shape index (κ2) is 8.34. The number of epoxide rings is 1.